The average molecular weight is 219 g/mol. The molecule has 0 bridgehead atoms. The Kier molecular flexibility index (Phi) is 2.83. The van der Waals surface area contributed by atoms with Gasteiger partial charge in [-0.2, -0.15) is 0 Å². The van der Waals surface area contributed by atoms with E-state index in [1.807, 2.05) is 25.1 Å². The fraction of sp³-hybridized carbons (Fsp3) is 0.417. The standard InChI is InChI=1S/C12H17N3O/c1-8-4-10(2-3-11(8)14)15-7-9(6-13)5-12(15)16/h2-4,9H,5-7,13-14H2,1H3. The fourth-order valence-electron chi connectivity index (χ4n) is 2.02. The molecular weight excluding hydrogens is 202 g/mol. The number of carbonyl (C=O) groups is 1. The first-order valence-electron chi connectivity index (χ1n) is 5.48. The number of nitrogens with zero attached hydrogens (tertiary/aromatic N) is 1. The molecule has 1 aliphatic heterocycles. The molecule has 1 unspecified atom stereocenters. The molecule has 0 aromatic heterocycles. The van der Waals surface area contributed by atoms with E-state index in [9.17, 15) is 4.79 Å². The van der Waals surface area contributed by atoms with Crippen molar-refractivity contribution in [3.05, 3.63) is 23.8 Å². The number of anilines is 2. The zero-order chi connectivity index (χ0) is 11.7. The number of benzene rings is 1. The largest absolute Gasteiger partial charge is 0.399 e. The maximum Gasteiger partial charge on any atom is 0.227 e. The van der Waals surface area contributed by atoms with Crippen LogP contribution in [0.2, 0.25) is 0 Å². The van der Waals surface area contributed by atoms with Crippen LogP contribution in [0.4, 0.5) is 11.4 Å². The summed E-state index contributed by atoms with van der Waals surface area (Å²) in [6.45, 7) is 3.23. The molecule has 4 heteroatoms. The fourth-order valence-corrected chi connectivity index (χ4v) is 2.02. The van der Waals surface area contributed by atoms with Crippen LogP contribution in [-0.4, -0.2) is 19.0 Å². The summed E-state index contributed by atoms with van der Waals surface area (Å²) in [5, 5.41) is 0. The first kappa shape index (κ1) is 11.0. The quantitative estimate of drug-likeness (QED) is 0.725. The third-order valence-electron chi connectivity index (χ3n) is 3.10. The van der Waals surface area contributed by atoms with Crippen LogP contribution in [-0.2, 0) is 4.79 Å². The topological polar surface area (TPSA) is 72.3 Å². The van der Waals surface area contributed by atoms with Crippen molar-refractivity contribution in [2.24, 2.45) is 11.7 Å². The van der Waals surface area contributed by atoms with Gasteiger partial charge in [0.1, 0.15) is 0 Å². The second-order valence-electron chi connectivity index (χ2n) is 4.35. The van der Waals surface area contributed by atoms with Gasteiger partial charge in [0.15, 0.2) is 0 Å². The van der Waals surface area contributed by atoms with Crippen molar-refractivity contribution in [3.8, 4) is 0 Å². The molecule has 4 N–H and O–H groups in total. The SMILES string of the molecule is Cc1cc(N2CC(CN)CC2=O)ccc1N. The van der Waals surface area contributed by atoms with E-state index >= 15 is 0 Å². The molecule has 1 saturated heterocycles. The number of aryl methyl sites for hydroxylation is 1. The van der Waals surface area contributed by atoms with Gasteiger partial charge in [0.2, 0.25) is 5.91 Å². The van der Waals surface area contributed by atoms with E-state index in [2.05, 4.69) is 0 Å². The van der Waals surface area contributed by atoms with E-state index in [1.54, 1.807) is 4.90 Å². The van der Waals surface area contributed by atoms with Crippen LogP contribution in [0.15, 0.2) is 18.2 Å². The first-order chi connectivity index (χ1) is 7.61. The van der Waals surface area contributed by atoms with E-state index < -0.39 is 0 Å². The lowest BCUT2D eigenvalue weighted by molar-refractivity contribution is -0.117. The van der Waals surface area contributed by atoms with Gasteiger partial charge in [0.05, 0.1) is 0 Å². The van der Waals surface area contributed by atoms with Crippen LogP contribution in [0.5, 0.6) is 0 Å². The summed E-state index contributed by atoms with van der Waals surface area (Å²) in [4.78, 5) is 13.6. The lowest BCUT2D eigenvalue weighted by atomic mass is 10.1. The predicted molar refractivity (Wildman–Crippen MR) is 65.1 cm³/mol. The molecule has 0 spiro atoms. The number of amides is 1. The molecule has 1 aromatic rings. The molecule has 0 saturated carbocycles. The second-order valence-corrected chi connectivity index (χ2v) is 4.35. The molecule has 2 rings (SSSR count). The molecule has 1 aliphatic rings. The van der Waals surface area contributed by atoms with Crippen molar-refractivity contribution in [2.75, 3.05) is 23.7 Å². The van der Waals surface area contributed by atoms with Gasteiger partial charge in [-0.25, -0.2) is 0 Å². The second kappa shape index (κ2) is 4.14. The first-order valence-corrected chi connectivity index (χ1v) is 5.48. The minimum atomic E-state index is 0.152. The molecule has 16 heavy (non-hydrogen) atoms. The van der Waals surface area contributed by atoms with Crippen molar-refractivity contribution < 1.29 is 4.79 Å². The molecule has 1 heterocycles. The van der Waals surface area contributed by atoms with E-state index in [0.717, 1.165) is 23.5 Å². The summed E-state index contributed by atoms with van der Waals surface area (Å²) >= 11 is 0. The Morgan fingerprint density at radius 3 is 2.81 bits per heavy atom. The van der Waals surface area contributed by atoms with Crippen molar-refractivity contribution in [1.29, 1.82) is 0 Å². The Labute approximate surface area is 95.2 Å². The van der Waals surface area contributed by atoms with Gasteiger partial charge >= 0.3 is 0 Å². The Morgan fingerprint density at radius 2 is 2.25 bits per heavy atom. The minimum Gasteiger partial charge on any atom is -0.399 e. The maximum absolute atomic E-state index is 11.8. The number of nitrogens with two attached hydrogens (primary N) is 2. The molecule has 1 amide bonds. The van der Waals surface area contributed by atoms with Crippen LogP contribution in [0.1, 0.15) is 12.0 Å². The Morgan fingerprint density at radius 1 is 1.50 bits per heavy atom. The zero-order valence-electron chi connectivity index (χ0n) is 9.44. The van der Waals surface area contributed by atoms with Crippen molar-refractivity contribution >= 4 is 17.3 Å². The molecule has 1 atom stereocenters. The number of rotatable bonds is 2. The van der Waals surface area contributed by atoms with Crippen molar-refractivity contribution in [2.45, 2.75) is 13.3 Å². The predicted octanol–water partition coefficient (Wildman–Crippen LogP) is 0.889. The van der Waals surface area contributed by atoms with E-state index in [1.165, 1.54) is 0 Å². The van der Waals surface area contributed by atoms with Gasteiger partial charge in [-0.1, -0.05) is 0 Å². The van der Waals surface area contributed by atoms with Gasteiger partial charge in [0.25, 0.3) is 0 Å². The van der Waals surface area contributed by atoms with Crippen LogP contribution in [0, 0.1) is 12.8 Å². The molecule has 0 aliphatic carbocycles. The molecule has 86 valence electrons. The van der Waals surface area contributed by atoms with Crippen molar-refractivity contribution in [3.63, 3.8) is 0 Å². The highest BCUT2D eigenvalue weighted by molar-refractivity contribution is 5.96. The van der Waals surface area contributed by atoms with Gasteiger partial charge in [-0.15, -0.1) is 0 Å². The van der Waals surface area contributed by atoms with Crippen LogP contribution < -0.4 is 16.4 Å². The van der Waals surface area contributed by atoms with Crippen molar-refractivity contribution in [1.82, 2.24) is 0 Å². The summed E-state index contributed by atoms with van der Waals surface area (Å²) in [6.07, 6.45) is 0.555. The number of hydrogen-bond donors (Lipinski definition) is 2. The zero-order valence-corrected chi connectivity index (χ0v) is 9.44. The molecule has 0 radical (unpaired) electrons. The number of carbonyl (C=O) groups excluding carboxylic acids is 1. The summed E-state index contributed by atoms with van der Waals surface area (Å²) in [7, 11) is 0. The van der Waals surface area contributed by atoms with E-state index in [4.69, 9.17) is 11.5 Å². The summed E-state index contributed by atoms with van der Waals surface area (Å²) in [5.41, 5.74) is 14.0. The molecule has 1 fully saturated rings. The Balaban J connectivity index is 2.24. The third-order valence-corrected chi connectivity index (χ3v) is 3.10. The maximum atomic E-state index is 11.8. The minimum absolute atomic E-state index is 0.152. The monoisotopic (exact) mass is 219 g/mol. The highest BCUT2D eigenvalue weighted by Gasteiger charge is 2.29. The normalized spacial score (nSPS) is 20.5. The summed E-state index contributed by atoms with van der Waals surface area (Å²) < 4.78 is 0. The lowest BCUT2D eigenvalue weighted by Gasteiger charge is -2.17. The summed E-state index contributed by atoms with van der Waals surface area (Å²) in [5.74, 6) is 0.435. The number of hydrogen-bond acceptors (Lipinski definition) is 3. The highest BCUT2D eigenvalue weighted by Crippen LogP contribution is 2.26. The van der Waals surface area contributed by atoms with E-state index in [-0.39, 0.29) is 11.8 Å². The van der Waals surface area contributed by atoms with Crippen LogP contribution in [0.25, 0.3) is 0 Å². The smallest absolute Gasteiger partial charge is 0.227 e. The van der Waals surface area contributed by atoms with Gasteiger partial charge in [0, 0.05) is 24.3 Å². The van der Waals surface area contributed by atoms with Gasteiger partial charge < -0.3 is 16.4 Å². The molecule has 4 nitrogen and oxygen atoms in total. The molecule has 1 aromatic carbocycles. The molecular formula is C12H17N3O. The number of nitrogen functional groups attached to an aromatic ring is 1. The summed E-state index contributed by atoms with van der Waals surface area (Å²) in [6, 6.07) is 5.68. The third kappa shape index (κ3) is 1.88. The lowest BCUT2D eigenvalue weighted by Crippen LogP contribution is -2.25. The van der Waals surface area contributed by atoms with Crippen LogP contribution in [0.3, 0.4) is 0 Å². The highest BCUT2D eigenvalue weighted by atomic mass is 16.2. The Bertz CT molecular complexity index is 417. The van der Waals surface area contributed by atoms with Gasteiger partial charge in [-0.3, -0.25) is 4.79 Å². The van der Waals surface area contributed by atoms with Gasteiger partial charge in [-0.05, 0) is 43.1 Å². The van der Waals surface area contributed by atoms with Crippen LogP contribution >= 0.6 is 0 Å². The Hall–Kier alpha value is -1.55. The van der Waals surface area contributed by atoms with E-state index in [0.29, 0.717) is 13.0 Å². The average Bonchev–Trinajstić information content (AvgIpc) is 2.64.